The zero-order valence-corrected chi connectivity index (χ0v) is 12.7. The average Bonchev–Trinajstić information content (AvgIpc) is 3.05. The van der Waals surface area contributed by atoms with E-state index in [1.54, 1.807) is 6.26 Å². The molecule has 1 unspecified atom stereocenters. The lowest BCUT2D eigenvalue weighted by Crippen LogP contribution is -2.42. The number of nitrogens with one attached hydrogen (secondary N) is 1. The van der Waals surface area contributed by atoms with Crippen molar-refractivity contribution in [2.75, 3.05) is 13.1 Å². The molecule has 3 nitrogen and oxygen atoms in total. The van der Waals surface area contributed by atoms with Crippen molar-refractivity contribution < 1.29 is 4.42 Å². The molecule has 0 aliphatic carbocycles. The SMILES string of the molecule is CC(NC1CCN(Cc2ccccc2)CC1)c1ccoc1. The monoisotopic (exact) mass is 284 g/mol. The molecule has 21 heavy (non-hydrogen) atoms. The maximum absolute atomic E-state index is 5.16. The van der Waals surface area contributed by atoms with Gasteiger partial charge in [-0.3, -0.25) is 4.90 Å². The maximum Gasteiger partial charge on any atom is 0.0950 e. The summed E-state index contributed by atoms with van der Waals surface area (Å²) in [6.07, 6.45) is 6.02. The van der Waals surface area contributed by atoms with E-state index in [4.69, 9.17) is 4.42 Å². The Morgan fingerprint density at radius 1 is 1.19 bits per heavy atom. The molecule has 0 radical (unpaired) electrons. The first-order chi connectivity index (χ1) is 10.3. The van der Waals surface area contributed by atoms with Crippen molar-refractivity contribution in [2.45, 2.75) is 38.4 Å². The normalized spacial score (nSPS) is 18.7. The lowest BCUT2D eigenvalue weighted by molar-refractivity contribution is 0.185. The Labute approximate surface area is 127 Å². The van der Waals surface area contributed by atoms with Gasteiger partial charge in [-0.25, -0.2) is 0 Å². The first-order valence-electron chi connectivity index (χ1n) is 7.85. The Morgan fingerprint density at radius 2 is 1.95 bits per heavy atom. The molecule has 1 atom stereocenters. The number of furan rings is 1. The standard InChI is InChI=1S/C18H24N2O/c1-15(17-9-12-21-14-17)19-18-7-10-20(11-8-18)13-16-5-3-2-4-6-16/h2-6,9,12,14-15,18-19H,7-8,10-11,13H2,1H3. The second-order valence-electron chi connectivity index (χ2n) is 5.98. The quantitative estimate of drug-likeness (QED) is 0.909. The van der Waals surface area contributed by atoms with Gasteiger partial charge in [-0.15, -0.1) is 0 Å². The van der Waals surface area contributed by atoms with Crippen molar-refractivity contribution in [3.8, 4) is 0 Å². The zero-order chi connectivity index (χ0) is 14.5. The van der Waals surface area contributed by atoms with Gasteiger partial charge in [0.15, 0.2) is 0 Å². The third-order valence-electron chi connectivity index (χ3n) is 4.37. The zero-order valence-electron chi connectivity index (χ0n) is 12.7. The van der Waals surface area contributed by atoms with E-state index < -0.39 is 0 Å². The molecule has 1 fully saturated rings. The summed E-state index contributed by atoms with van der Waals surface area (Å²) in [4.78, 5) is 2.55. The van der Waals surface area contributed by atoms with Crippen LogP contribution in [0.4, 0.5) is 0 Å². The minimum atomic E-state index is 0.370. The molecule has 112 valence electrons. The van der Waals surface area contributed by atoms with Gasteiger partial charge in [-0.2, -0.15) is 0 Å². The van der Waals surface area contributed by atoms with Crippen LogP contribution in [0.3, 0.4) is 0 Å². The lowest BCUT2D eigenvalue weighted by atomic mass is 10.0. The van der Waals surface area contributed by atoms with Crippen LogP contribution in [0.15, 0.2) is 53.3 Å². The van der Waals surface area contributed by atoms with Crippen molar-refractivity contribution in [1.29, 1.82) is 0 Å². The summed E-state index contributed by atoms with van der Waals surface area (Å²) in [5, 5.41) is 3.72. The highest BCUT2D eigenvalue weighted by Crippen LogP contribution is 2.18. The molecular formula is C18H24N2O. The lowest BCUT2D eigenvalue weighted by Gasteiger charge is -2.33. The molecule has 0 bridgehead atoms. The van der Waals surface area contributed by atoms with Crippen LogP contribution in [-0.4, -0.2) is 24.0 Å². The summed E-state index contributed by atoms with van der Waals surface area (Å²) in [7, 11) is 0. The van der Waals surface area contributed by atoms with Gasteiger partial charge in [0.2, 0.25) is 0 Å². The van der Waals surface area contributed by atoms with Crippen LogP contribution in [-0.2, 0) is 6.54 Å². The summed E-state index contributed by atoms with van der Waals surface area (Å²) in [5.74, 6) is 0. The summed E-state index contributed by atoms with van der Waals surface area (Å²) in [6.45, 7) is 5.63. The third kappa shape index (κ3) is 3.96. The predicted molar refractivity (Wildman–Crippen MR) is 85.0 cm³/mol. The number of nitrogens with zero attached hydrogens (tertiary/aromatic N) is 1. The molecule has 0 spiro atoms. The van der Waals surface area contributed by atoms with Gasteiger partial charge in [0.25, 0.3) is 0 Å². The number of piperidine rings is 1. The number of hydrogen-bond acceptors (Lipinski definition) is 3. The van der Waals surface area contributed by atoms with Gasteiger partial charge in [0.1, 0.15) is 0 Å². The minimum absolute atomic E-state index is 0.370. The van der Waals surface area contributed by atoms with Crippen LogP contribution >= 0.6 is 0 Å². The first-order valence-corrected chi connectivity index (χ1v) is 7.85. The first kappa shape index (κ1) is 14.4. The van der Waals surface area contributed by atoms with E-state index in [0.717, 1.165) is 6.54 Å². The van der Waals surface area contributed by atoms with Crippen LogP contribution in [0.2, 0.25) is 0 Å². The molecule has 3 heteroatoms. The van der Waals surface area contributed by atoms with Gasteiger partial charge < -0.3 is 9.73 Å². The van der Waals surface area contributed by atoms with E-state index in [1.165, 1.54) is 37.1 Å². The van der Waals surface area contributed by atoms with Crippen LogP contribution in [0.1, 0.15) is 36.9 Å². The second kappa shape index (κ2) is 6.92. The fourth-order valence-corrected chi connectivity index (χ4v) is 3.07. The molecular weight excluding hydrogens is 260 g/mol. The largest absolute Gasteiger partial charge is 0.472 e. The summed E-state index contributed by atoms with van der Waals surface area (Å²) < 4.78 is 5.16. The van der Waals surface area contributed by atoms with E-state index in [1.807, 2.05) is 12.3 Å². The minimum Gasteiger partial charge on any atom is -0.472 e. The van der Waals surface area contributed by atoms with Crippen molar-refractivity contribution in [1.82, 2.24) is 10.2 Å². The van der Waals surface area contributed by atoms with E-state index in [9.17, 15) is 0 Å². The van der Waals surface area contributed by atoms with Gasteiger partial charge >= 0.3 is 0 Å². The van der Waals surface area contributed by atoms with Crippen LogP contribution < -0.4 is 5.32 Å². The maximum atomic E-state index is 5.16. The van der Waals surface area contributed by atoms with Gasteiger partial charge in [-0.05, 0) is 44.5 Å². The Hall–Kier alpha value is -1.58. The van der Waals surface area contributed by atoms with Crippen LogP contribution in [0, 0.1) is 0 Å². The van der Waals surface area contributed by atoms with E-state index in [-0.39, 0.29) is 0 Å². The van der Waals surface area contributed by atoms with E-state index in [0.29, 0.717) is 12.1 Å². The van der Waals surface area contributed by atoms with Crippen LogP contribution in [0.25, 0.3) is 0 Å². The highest BCUT2D eigenvalue weighted by atomic mass is 16.3. The van der Waals surface area contributed by atoms with Crippen molar-refractivity contribution >= 4 is 0 Å². The molecule has 2 aromatic rings. The van der Waals surface area contributed by atoms with Crippen molar-refractivity contribution in [3.63, 3.8) is 0 Å². The van der Waals surface area contributed by atoms with E-state index >= 15 is 0 Å². The Morgan fingerprint density at radius 3 is 2.62 bits per heavy atom. The fraction of sp³-hybridized carbons (Fsp3) is 0.444. The molecule has 1 N–H and O–H groups in total. The Bertz CT molecular complexity index is 515. The van der Waals surface area contributed by atoms with Gasteiger partial charge in [-0.1, -0.05) is 30.3 Å². The summed E-state index contributed by atoms with van der Waals surface area (Å²) >= 11 is 0. The van der Waals surface area contributed by atoms with Crippen molar-refractivity contribution in [3.05, 3.63) is 60.1 Å². The fourth-order valence-electron chi connectivity index (χ4n) is 3.07. The number of hydrogen-bond donors (Lipinski definition) is 1. The van der Waals surface area contributed by atoms with Crippen molar-refractivity contribution in [2.24, 2.45) is 0 Å². The molecule has 1 saturated heterocycles. The van der Waals surface area contributed by atoms with Gasteiger partial charge in [0, 0.05) is 24.2 Å². The molecule has 1 aromatic carbocycles. The molecule has 1 aliphatic heterocycles. The van der Waals surface area contributed by atoms with Gasteiger partial charge in [0.05, 0.1) is 12.5 Å². The molecule has 0 saturated carbocycles. The molecule has 1 aromatic heterocycles. The Kier molecular flexibility index (Phi) is 4.73. The predicted octanol–water partition coefficient (Wildman–Crippen LogP) is 3.59. The smallest absolute Gasteiger partial charge is 0.0950 e. The summed E-state index contributed by atoms with van der Waals surface area (Å²) in [6, 6.07) is 13.8. The highest BCUT2D eigenvalue weighted by molar-refractivity contribution is 5.14. The molecule has 2 heterocycles. The van der Waals surface area contributed by atoms with E-state index in [2.05, 4.69) is 47.5 Å². The Balaban J connectivity index is 1.45. The molecule has 3 rings (SSSR count). The third-order valence-corrected chi connectivity index (χ3v) is 4.37. The summed E-state index contributed by atoms with van der Waals surface area (Å²) in [5.41, 5.74) is 2.65. The molecule has 0 amide bonds. The number of benzene rings is 1. The molecule has 1 aliphatic rings. The second-order valence-corrected chi connectivity index (χ2v) is 5.98. The highest BCUT2D eigenvalue weighted by Gasteiger charge is 2.21. The van der Waals surface area contributed by atoms with Crippen LogP contribution in [0.5, 0.6) is 0 Å². The topological polar surface area (TPSA) is 28.4 Å². The average molecular weight is 284 g/mol. The number of rotatable bonds is 5. The number of likely N-dealkylation sites (tertiary alicyclic amines) is 1.